The summed E-state index contributed by atoms with van der Waals surface area (Å²) < 4.78 is 21.1. The summed E-state index contributed by atoms with van der Waals surface area (Å²) in [5.74, 6) is 3.03. The van der Waals surface area contributed by atoms with Gasteiger partial charge in [-0.25, -0.2) is 14.4 Å². The normalized spacial score (nSPS) is 28.4. The molecule has 7 rings (SSSR count). The zero-order valence-electron chi connectivity index (χ0n) is 26.2. The molecule has 2 aromatic carbocycles. The Balaban J connectivity index is 1.23. The van der Waals surface area contributed by atoms with Crippen molar-refractivity contribution in [2.45, 2.75) is 78.6 Å². The first kappa shape index (κ1) is 29.6. The molecule has 230 valence electrons. The average molecular weight is 589 g/mol. The van der Waals surface area contributed by atoms with Gasteiger partial charge in [-0.15, -0.1) is 0 Å². The number of hydrogen-bond donors (Lipinski definition) is 2. The zero-order valence-corrected chi connectivity index (χ0v) is 26.2. The van der Waals surface area contributed by atoms with E-state index < -0.39 is 0 Å². The van der Waals surface area contributed by atoms with Crippen molar-refractivity contribution in [2.24, 2.45) is 28.2 Å². The van der Waals surface area contributed by atoms with Crippen LogP contribution in [0.3, 0.4) is 0 Å². The van der Waals surface area contributed by atoms with Crippen LogP contribution in [0.1, 0.15) is 53.0 Å². The van der Waals surface area contributed by atoms with Gasteiger partial charge in [-0.3, -0.25) is 9.36 Å². The Morgan fingerprint density at radius 2 is 1.91 bits per heavy atom. The molecule has 3 aromatic rings. The first-order valence-corrected chi connectivity index (χ1v) is 15.7. The van der Waals surface area contributed by atoms with Gasteiger partial charge in [0, 0.05) is 43.5 Å². The fourth-order valence-corrected chi connectivity index (χ4v) is 7.77. The van der Waals surface area contributed by atoms with Crippen molar-refractivity contribution in [3.63, 3.8) is 0 Å². The molecular formula is C34H45FN6O2. The van der Waals surface area contributed by atoms with Crippen LogP contribution in [0.2, 0.25) is 0 Å². The molecule has 3 saturated carbocycles. The van der Waals surface area contributed by atoms with Crippen molar-refractivity contribution in [1.29, 1.82) is 0 Å². The molecule has 1 saturated heterocycles. The smallest absolute Gasteiger partial charge is 0.261 e. The number of nitrogens with zero attached hydrogens (tertiary/aromatic N) is 4. The van der Waals surface area contributed by atoms with Crippen molar-refractivity contribution in [3.05, 3.63) is 64.5 Å². The van der Waals surface area contributed by atoms with Crippen LogP contribution in [-0.2, 0) is 13.0 Å². The van der Waals surface area contributed by atoms with Gasteiger partial charge in [0.25, 0.3) is 5.56 Å². The lowest BCUT2D eigenvalue weighted by Crippen LogP contribution is -2.59. The zero-order chi connectivity index (χ0) is 30.5. The second-order valence-electron chi connectivity index (χ2n) is 13.7. The van der Waals surface area contributed by atoms with Crippen LogP contribution in [0.5, 0.6) is 5.75 Å². The maximum absolute atomic E-state index is 14.4. The predicted molar refractivity (Wildman–Crippen MR) is 170 cm³/mol. The lowest BCUT2D eigenvalue weighted by molar-refractivity contribution is -0.108. The number of guanidine groups is 1. The molecule has 2 N–H and O–H groups in total. The Hall–Kier alpha value is -3.46. The van der Waals surface area contributed by atoms with E-state index in [4.69, 9.17) is 9.73 Å². The van der Waals surface area contributed by atoms with E-state index in [1.54, 1.807) is 23.0 Å². The SMILES string of the molecule is COc1ccc(CCn2cnc3cc(NC(=NC4C[C@@H]5C[C@@H]([C@H]4C)C5(C)C)N4C[C@@H](C)N[C@@H](C)C4)ccc3c2=O)c(F)c1. The van der Waals surface area contributed by atoms with E-state index in [1.807, 2.05) is 18.2 Å². The Bertz CT molecular complexity index is 1570. The molecule has 8 nitrogen and oxygen atoms in total. The highest BCUT2D eigenvalue weighted by atomic mass is 19.1. The first-order valence-electron chi connectivity index (χ1n) is 15.7. The average Bonchev–Trinajstić information content (AvgIpc) is 2.97. The fourth-order valence-electron chi connectivity index (χ4n) is 7.77. The molecule has 9 heteroatoms. The number of ether oxygens (including phenoxy) is 1. The van der Waals surface area contributed by atoms with Crippen LogP contribution < -0.4 is 20.9 Å². The predicted octanol–water partition coefficient (Wildman–Crippen LogP) is 5.31. The molecule has 2 bridgehead atoms. The lowest BCUT2D eigenvalue weighted by Gasteiger charge is -2.61. The van der Waals surface area contributed by atoms with Crippen molar-refractivity contribution in [3.8, 4) is 5.75 Å². The van der Waals surface area contributed by atoms with Gasteiger partial charge in [0.2, 0.25) is 0 Å². The summed E-state index contributed by atoms with van der Waals surface area (Å²) in [6, 6.07) is 11.5. The van der Waals surface area contributed by atoms with E-state index in [-0.39, 0.29) is 11.4 Å². The van der Waals surface area contributed by atoms with E-state index in [2.05, 4.69) is 55.1 Å². The van der Waals surface area contributed by atoms with Crippen molar-refractivity contribution >= 4 is 22.5 Å². The number of hydrogen-bond acceptors (Lipinski definition) is 5. The molecule has 43 heavy (non-hydrogen) atoms. The molecule has 1 aliphatic heterocycles. The number of fused-ring (bicyclic) bond motifs is 3. The summed E-state index contributed by atoms with van der Waals surface area (Å²) in [7, 11) is 1.51. The summed E-state index contributed by atoms with van der Waals surface area (Å²) in [6.07, 6.45) is 4.39. The highest BCUT2D eigenvalue weighted by Gasteiger charge is 2.56. The van der Waals surface area contributed by atoms with Crippen LogP contribution >= 0.6 is 0 Å². The molecule has 2 heterocycles. The molecule has 3 aliphatic carbocycles. The minimum Gasteiger partial charge on any atom is -0.497 e. The number of nitrogens with one attached hydrogen (secondary N) is 2. The largest absolute Gasteiger partial charge is 0.497 e. The Labute approximate surface area is 253 Å². The third kappa shape index (κ3) is 5.76. The summed E-state index contributed by atoms with van der Waals surface area (Å²) in [5.41, 5.74) is 2.30. The number of aliphatic imine (C=N–C) groups is 1. The standard InChI is InChI=1S/C34H45FN6O2/c1-20-17-41(18-21(2)37-20)33(39-30-14-24-13-28(22(30)3)34(24,4)5)38-25-8-10-27-31(15-25)36-19-40(32(27)42)12-11-23-7-9-26(43-6)16-29(23)35/h7-10,15-16,19-22,24,28,30,37H,11-14,17-18H2,1-6H3,(H,38,39)/t20-,21+,22-,24+,28+,30?/m1/s1. The summed E-state index contributed by atoms with van der Waals surface area (Å²) >= 11 is 0. The summed E-state index contributed by atoms with van der Waals surface area (Å²) in [6.45, 7) is 13.7. The highest BCUT2D eigenvalue weighted by Crippen LogP contribution is 2.61. The number of halogens is 1. The third-order valence-electron chi connectivity index (χ3n) is 10.4. The van der Waals surface area contributed by atoms with Gasteiger partial charge in [0.1, 0.15) is 11.6 Å². The van der Waals surface area contributed by atoms with Gasteiger partial charge in [-0.2, -0.15) is 0 Å². The monoisotopic (exact) mass is 588 g/mol. The van der Waals surface area contributed by atoms with E-state index >= 15 is 0 Å². The number of rotatable bonds is 6. The number of benzene rings is 2. The van der Waals surface area contributed by atoms with Crippen LogP contribution in [-0.4, -0.2) is 58.7 Å². The topological polar surface area (TPSA) is 83.8 Å². The number of piperazine rings is 1. The fraction of sp³-hybridized carbons (Fsp3) is 0.559. The molecular weight excluding hydrogens is 543 g/mol. The number of anilines is 1. The van der Waals surface area contributed by atoms with Gasteiger partial charge in [-0.1, -0.05) is 26.8 Å². The van der Waals surface area contributed by atoms with Crippen LogP contribution in [0, 0.1) is 29.0 Å². The van der Waals surface area contributed by atoms with Crippen molar-refractivity contribution < 1.29 is 9.13 Å². The van der Waals surface area contributed by atoms with Crippen molar-refractivity contribution in [2.75, 3.05) is 25.5 Å². The maximum atomic E-state index is 14.4. The van der Waals surface area contributed by atoms with Gasteiger partial charge < -0.3 is 20.3 Å². The third-order valence-corrected chi connectivity index (χ3v) is 10.4. The quantitative estimate of drug-likeness (QED) is 0.300. The summed E-state index contributed by atoms with van der Waals surface area (Å²) in [4.78, 5) is 25.7. The number of aryl methyl sites for hydroxylation is 2. The molecule has 0 radical (unpaired) electrons. The van der Waals surface area contributed by atoms with Crippen molar-refractivity contribution in [1.82, 2.24) is 19.8 Å². The minimum atomic E-state index is -0.342. The minimum absolute atomic E-state index is 0.137. The second kappa shape index (κ2) is 11.6. The van der Waals surface area contributed by atoms with E-state index in [9.17, 15) is 9.18 Å². The molecule has 4 fully saturated rings. The van der Waals surface area contributed by atoms with E-state index in [0.29, 0.717) is 64.6 Å². The molecule has 1 unspecified atom stereocenters. The lowest BCUT2D eigenvalue weighted by atomic mass is 9.45. The summed E-state index contributed by atoms with van der Waals surface area (Å²) in [5, 5.41) is 7.81. The van der Waals surface area contributed by atoms with Crippen LogP contribution in [0.25, 0.3) is 10.9 Å². The molecule has 1 aromatic heterocycles. The Morgan fingerprint density at radius 3 is 2.58 bits per heavy atom. The first-order chi connectivity index (χ1) is 20.5. The Morgan fingerprint density at radius 1 is 1.14 bits per heavy atom. The van der Waals surface area contributed by atoms with E-state index in [0.717, 1.165) is 43.0 Å². The second-order valence-corrected chi connectivity index (χ2v) is 13.7. The molecule has 0 spiro atoms. The van der Waals surface area contributed by atoms with Crippen LogP contribution in [0.15, 0.2) is 52.5 Å². The Kier molecular flexibility index (Phi) is 7.96. The van der Waals surface area contributed by atoms with Gasteiger partial charge >= 0.3 is 0 Å². The highest BCUT2D eigenvalue weighted by molar-refractivity contribution is 5.96. The van der Waals surface area contributed by atoms with Crippen LogP contribution in [0.4, 0.5) is 10.1 Å². The number of aromatic nitrogens is 2. The number of methoxy groups -OCH3 is 1. The molecule has 0 amide bonds. The van der Waals surface area contributed by atoms with E-state index in [1.165, 1.54) is 19.6 Å². The van der Waals surface area contributed by atoms with Gasteiger partial charge in [0.15, 0.2) is 5.96 Å². The van der Waals surface area contributed by atoms with Gasteiger partial charge in [0.05, 0.1) is 30.4 Å². The molecule has 4 aliphatic rings. The van der Waals surface area contributed by atoms with Gasteiger partial charge in [-0.05, 0) is 86.1 Å². The maximum Gasteiger partial charge on any atom is 0.261 e. The molecule has 6 atom stereocenters.